The molecule has 0 aliphatic carbocycles. The van der Waals surface area contributed by atoms with E-state index in [0.29, 0.717) is 10.9 Å². The van der Waals surface area contributed by atoms with E-state index >= 15 is 0 Å². The molecule has 0 fully saturated rings. The van der Waals surface area contributed by atoms with Gasteiger partial charge in [0.05, 0.1) is 4.47 Å². The quantitative estimate of drug-likeness (QED) is 0.887. The van der Waals surface area contributed by atoms with E-state index in [1.807, 2.05) is 30.3 Å². The van der Waals surface area contributed by atoms with Gasteiger partial charge in [-0.15, -0.1) is 0 Å². The van der Waals surface area contributed by atoms with Crippen LogP contribution in [0.25, 0.3) is 0 Å². The highest BCUT2D eigenvalue weighted by atomic mass is 79.9. The molecule has 2 N–H and O–H groups in total. The number of nitrogens with two attached hydrogens (primary N) is 1. The van der Waals surface area contributed by atoms with Crippen LogP contribution in [-0.4, -0.2) is 0 Å². The molecular formula is C16H17BrFN. The van der Waals surface area contributed by atoms with E-state index in [9.17, 15) is 4.39 Å². The van der Waals surface area contributed by atoms with Gasteiger partial charge in [0.25, 0.3) is 0 Å². The van der Waals surface area contributed by atoms with Crippen LogP contribution >= 0.6 is 15.9 Å². The molecule has 0 amide bonds. The highest BCUT2D eigenvalue weighted by Crippen LogP contribution is 2.28. The van der Waals surface area contributed by atoms with Crippen molar-refractivity contribution in [1.82, 2.24) is 0 Å². The van der Waals surface area contributed by atoms with Gasteiger partial charge in [0.15, 0.2) is 0 Å². The van der Waals surface area contributed by atoms with Crippen LogP contribution in [0.2, 0.25) is 0 Å². The monoisotopic (exact) mass is 321 g/mol. The minimum absolute atomic E-state index is 0.248. The molecule has 19 heavy (non-hydrogen) atoms. The molecule has 1 nitrogen and oxygen atoms in total. The predicted octanol–water partition coefficient (Wildman–Crippen LogP) is 4.39. The van der Waals surface area contributed by atoms with Crippen molar-refractivity contribution in [3.63, 3.8) is 0 Å². The first-order chi connectivity index (χ1) is 9.05. The topological polar surface area (TPSA) is 26.0 Å². The second-order valence-electron chi connectivity index (χ2n) is 4.80. The van der Waals surface area contributed by atoms with Crippen molar-refractivity contribution < 1.29 is 4.39 Å². The van der Waals surface area contributed by atoms with E-state index in [1.54, 1.807) is 12.1 Å². The van der Waals surface area contributed by atoms with E-state index in [-0.39, 0.29) is 5.82 Å². The third-order valence-electron chi connectivity index (χ3n) is 3.48. The van der Waals surface area contributed by atoms with Crippen LogP contribution in [0.15, 0.2) is 53.0 Å². The molecule has 0 heterocycles. The average Bonchev–Trinajstić information content (AvgIpc) is 2.44. The third-order valence-corrected chi connectivity index (χ3v) is 4.09. The number of halogens is 2. The minimum atomic E-state index is -0.418. The first kappa shape index (κ1) is 14.2. The summed E-state index contributed by atoms with van der Waals surface area (Å²) < 4.78 is 13.7. The zero-order valence-corrected chi connectivity index (χ0v) is 12.5. The molecule has 2 rings (SSSR count). The summed E-state index contributed by atoms with van der Waals surface area (Å²) in [6.45, 7) is 2.07. The Morgan fingerprint density at radius 2 is 1.84 bits per heavy atom. The van der Waals surface area contributed by atoms with Gasteiger partial charge >= 0.3 is 0 Å². The van der Waals surface area contributed by atoms with Gasteiger partial charge in [0.2, 0.25) is 0 Å². The van der Waals surface area contributed by atoms with Gasteiger partial charge in [-0.3, -0.25) is 0 Å². The molecule has 3 heteroatoms. The number of hydrogen-bond donors (Lipinski definition) is 1. The maximum atomic E-state index is 13.3. The summed E-state index contributed by atoms with van der Waals surface area (Å²) in [4.78, 5) is 0. The first-order valence-electron chi connectivity index (χ1n) is 6.33. The fourth-order valence-electron chi connectivity index (χ4n) is 2.22. The van der Waals surface area contributed by atoms with Crippen molar-refractivity contribution in [2.24, 2.45) is 5.73 Å². The Kier molecular flexibility index (Phi) is 4.38. The van der Waals surface area contributed by atoms with E-state index in [4.69, 9.17) is 5.73 Å². The summed E-state index contributed by atoms with van der Waals surface area (Å²) in [6, 6.07) is 15.1. The van der Waals surface area contributed by atoms with Gasteiger partial charge in [-0.05, 0) is 52.0 Å². The van der Waals surface area contributed by atoms with Gasteiger partial charge in [-0.1, -0.05) is 43.3 Å². The molecule has 0 saturated carbocycles. The van der Waals surface area contributed by atoms with Crippen molar-refractivity contribution in [1.29, 1.82) is 0 Å². The summed E-state index contributed by atoms with van der Waals surface area (Å²) >= 11 is 3.22. The molecule has 100 valence electrons. The van der Waals surface area contributed by atoms with Crippen LogP contribution < -0.4 is 5.73 Å². The lowest BCUT2D eigenvalue weighted by Gasteiger charge is -2.29. The van der Waals surface area contributed by atoms with Crippen LogP contribution in [0.4, 0.5) is 4.39 Å². The smallest absolute Gasteiger partial charge is 0.137 e. The van der Waals surface area contributed by atoms with Crippen LogP contribution in [0.1, 0.15) is 24.5 Å². The fraction of sp³-hybridized carbons (Fsp3) is 0.250. The predicted molar refractivity (Wildman–Crippen MR) is 80.4 cm³/mol. The van der Waals surface area contributed by atoms with E-state index < -0.39 is 5.54 Å². The van der Waals surface area contributed by atoms with Crippen LogP contribution in [0.5, 0.6) is 0 Å². The Morgan fingerprint density at radius 1 is 1.16 bits per heavy atom. The molecule has 0 saturated heterocycles. The van der Waals surface area contributed by atoms with Crippen LogP contribution in [-0.2, 0) is 12.0 Å². The van der Waals surface area contributed by atoms with Gasteiger partial charge in [0, 0.05) is 5.54 Å². The molecule has 1 atom stereocenters. The lowest BCUT2D eigenvalue weighted by molar-refractivity contribution is 0.424. The fourth-order valence-corrected chi connectivity index (χ4v) is 2.64. The van der Waals surface area contributed by atoms with Gasteiger partial charge in [-0.2, -0.15) is 0 Å². The molecule has 0 radical (unpaired) electrons. The Bertz CT molecular complexity index is 556. The number of hydrogen-bond acceptors (Lipinski definition) is 1. The van der Waals surface area contributed by atoms with E-state index in [2.05, 4.69) is 22.9 Å². The molecular weight excluding hydrogens is 305 g/mol. The summed E-state index contributed by atoms with van der Waals surface area (Å²) in [5, 5.41) is 0. The Labute approximate surface area is 121 Å². The Morgan fingerprint density at radius 3 is 2.42 bits per heavy atom. The van der Waals surface area contributed by atoms with Gasteiger partial charge in [-0.25, -0.2) is 4.39 Å². The lowest BCUT2D eigenvalue weighted by Crippen LogP contribution is -2.38. The van der Waals surface area contributed by atoms with E-state index in [0.717, 1.165) is 17.5 Å². The van der Waals surface area contributed by atoms with Crippen molar-refractivity contribution in [2.75, 3.05) is 0 Å². The molecule has 0 aliphatic rings. The summed E-state index contributed by atoms with van der Waals surface area (Å²) in [7, 11) is 0. The molecule has 2 aromatic carbocycles. The van der Waals surface area contributed by atoms with E-state index in [1.165, 1.54) is 6.07 Å². The zero-order valence-electron chi connectivity index (χ0n) is 10.9. The molecule has 1 unspecified atom stereocenters. The molecule has 0 bridgehead atoms. The Balaban J connectivity index is 2.30. The maximum absolute atomic E-state index is 13.3. The largest absolute Gasteiger partial charge is 0.321 e. The summed E-state index contributed by atoms with van der Waals surface area (Å²) in [5.74, 6) is -0.248. The minimum Gasteiger partial charge on any atom is -0.321 e. The average molecular weight is 322 g/mol. The third kappa shape index (κ3) is 3.23. The Hall–Kier alpha value is -1.19. The summed E-state index contributed by atoms with van der Waals surface area (Å²) in [5.41, 5.74) is 8.25. The normalized spacial score (nSPS) is 14.1. The van der Waals surface area contributed by atoms with Crippen molar-refractivity contribution >= 4 is 15.9 Å². The van der Waals surface area contributed by atoms with Crippen LogP contribution in [0, 0.1) is 5.82 Å². The second kappa shape index (κ2) is 5.85. The summed E-state index contributed by atoms with van der Waals surface area (Å²) in [6.07, 6.45) is 1.51. The first-order valence-corrected chi connectivity index (χ1v) is 7.13. The highest BCUT2D eigenvalue weighted by molar-refractivity contribution is 9.10. The second-order valence-corrected chi connectivity index (χ2v) is 5.66. The molecule has 0 spiro atoms. The zero-order chi connectivity index (χ0) is 13.9. The van der Waals surface area contributed by atoms with Crippen molar-refractivity contribution in [3.8, 4) is 0 Å². The highest BCUT2D eigenvalue weighted by Gasteiger charge is 2.25. The van der Waals surface area contributed by atoms with Crippen LogP contribution in [0.3, 0.4) is 0 Å². The number of rotatable bonds is 4. The van der Waals surface area contributed by atoms with Gasteiger partial charge in [0.1, 0.15) is 5.82 Å². The lowest BCUT2D eigenvalue weighted by atomic mass is 9.82. The maximum Gasteiger partial charge on any atom is 0.137 e. The SMILES string of the molecule is CCC(N)(Cc1ccc(F)c(Br)c1)c1ccccc1. The molecule has 0 aliphatic heterocycles. The molecule has 2 aromatic rings. The molecule has 0 aromatic heterocycles. The number of benzene rings is 2. The standard InChI is InChI=1S/C16H17BrFN/c1-2-16(19,13-6-4-3-5-7-13)11-12-8-9-15(18)14(17)10-12/h3-10H,2,11,19H2,1H3. The van der Waals surface area contributed by atoms with Gasteiger partial charge < -0.3 is 5.73 Å². The van der Waals surface area contributed by atoms with Crippen molar-refractivity contribution in [2.45, 2.75) is 25.3 Å². The van der Waals surface area contributed by atoms with Crippen molar-refractivity contribution in [3.05, 3.63) is 69.9 Å².